The lowest BCUT2D eigenvalue weighted by Crippen LogP contribution is -2.29. The van der Waals surface area contributed by atoms with Gasteiger partial charge < -0.3 is 15.3 Å². The fourth-order valence-electron chi connectivity index (χ4n) is 6.70. The van der Waals surface area contributed by atoms with Crippen LogP contribution < -0.4 is 10.2 Å². The summed E-state index contributed by atoms with van der Waals surface area (Å²) in [5, 5.41) is 13.9. The highest BCUT2D eigenvalue weighted by molar-refractivity contribution is 6.10. The van der Waals surface area contributed by atoms with Crippen molar-refractivity contribution in [3.63, 3.8) is 0 Å². The number of aliphatic hydroxyl groups excluding tert-OH is 1. The molecule has 1 heterocycles. The van der Waals surface area contributed by atoms with Crippen LogP contribution in [0.15, 0.2) is 151 Å². The number of rotatable bonds is 13. The monoisotopic (exact) mass is 649 g/mol. The Hall–Kier alpha value is -5.09. The van der Waals surface area contributed by atoms with Gasteiger partial charge in [0.2, 0.25) is 0 Å². The van der Waals surface area contributed by atoms with Crippen molar-refractivity contribution < 1.29 is 5.11 Å². The maximum absolute atomic E-state index is 10.1. The molecule has 4 heteroatoms. The number of aliphatic imine (C=N–C) groups is 1. The van der Waals surface area contributed by atoms with Crippen LogP contribution in [0.25, 0.3) is 11.1 Å². The van der Waals surface area contributed by atoms with Crippen molar-refractivity contribution >= 4 is 22.8 Å². The largest absolute Gasteiger partial charge is 0.512 e. The van der Waals surface area contributed by atoms with Crippen LogP contribution in [0.1, 0.15) is 76.0 Å². The molecule has 1 aliphatic rings. The van der Waals surface area contributed by atoms with Crippen LogP contribution in [0.4, 0.5) is 17.1 Å². The molecular weight excluding hydrogens is 599 g/mol. The first-order chi connectivity index (χ1) is 23.5. The molecule has 1 aliphatic heterocycles. The van der Waals surface area contributed by atoms with E-state index in [0.717, 1.165) is 52.4 Å². The van der Waals surface area contributed by atoms with Crippen LogP contribution in [0.3, 0.4) is 0 Å². The third-order valence-electron chi connectivity index (χ3n) is 9.50. The zero-order valence-corrected chi connectivity index (χ0v) is 29.8. The third-order valence-corrected chi connectivity index (χ3v) is 9.50. The number of benzene rings is 4. The van der Waals surface area contributed by atoms with E-state index in [1.807, 2.05) is 13.0 Å². The highest BCUT2D eigenvalue weighted by Gasteiger charge is 2.31. The standard InChI is InChI=1S/C45H51N3O/c1-9-35(49)28-31(3)24-26-38-36-20-14-15-21-37(36)40(10-2)46-43(38)29-32(4)48(8)44-23-17-16-22-42(44)47-41-27-25-34(30-39(41)45(5,6)7)33-18-12-11-13-19-33/h10-23,25,27-28,30,38,43,47,49H,2-4,9,24,26,29H2,1,5-8H3/b35-28+. The number of hydrogen-bond acceptors (Lipinski definition) is 4. The molecule has 2 atom stereocenters. The molecule has 0 fully saturated rings. The summed E-state index contributed by atoms with van der Waals surface area (Å²) in [5.41, 5.74) is 12.0. The van der Waals surface area contributed by atoms with E-state index in [1.165, 1.54) is 22.3 Å². The first kappa shape index (κ1) is 35.2. The zero-order valence-electron chi connectivity index (χ0n) is 29.8. The van der Waals surface area contributed by atoms with Crippen LogP contribution in [-0.4, -0.2) is 23.9 Å². The van der Waals surface area contributed by atoms with Gasteiger partial charge in [0, 0.05) is 42.8 Å². The van der Waals surface area contributed by atoms with Gasteiger partial charge in [0.05, 0.1) is 28.9 Å². The van der Waals surface area contributed by atoms with Crippen molar-refractivity contribution in [2.45, 2.75) is 70.8 Å². The molecule has 0 saturated heterocycles. The van der Waals surface area contributed by atoms with Crippen LogP contribution in [0, 0.1) is 0 Å². The maximum Gasteiger partial charge on any atom is 0.0922 e. The predicted molar refractivity (Wildman–Crippen MR) is 212 cm³/mol. The fourth-order valence-corrected chi connectivity index (χ4v) is 6.70. The molecule has 0 aliphatic carbocycles. The minimum absolute atomic E-state index is 0.0208. The second-order valence-corrected chi connectivity index (χ2v) is 14.0. The lowest BCUT2D eigenvalue weighted by atomic mass is 9.79. The number of nitrogens with one attached hydrogen (secondary N) is 1. The fraction of sp³-hybridized carbons (Fsp3) is 0.267. The number of nitrogens with zero attached hydrogens (tertiary/aromatic N) is 2. The molecule has 0 radical (unpaired) electrons. The third kappa shape index (κ3) is 8.32. The van der Waals surface area contributed by atoms with Gasteiger partial charge in [0.15, 0.2) is 0 Å². The summed E-state index contributed by atoms with van der Waals surface area (Å²) in [4.78, 5) is 7.45. The summed E-state index contributed by atoms with van der Waals surface area (Å²) >= 11 is 0. The molecule has 0 bridgehead atoms. The maximum atomic E-state index is 10.1. The molecule has 49 heavy (non-hydrogen) atoms. The van der Waals surface area contributed by atoms with Crippen LogP contribution in [0.5, 0.6) is 0 Å². The zero-order chi connectivity index (χ0) is 35.1. The average Bonchev–Trinajstić information content (AvgIpc) is 3.10. The first-order valence-electron chi connectivity index (χ1n) is 17.3. The van der Waals surface area contributed by atoms with E-state index in [9.17, 15) is 5.11 Å². The molecular formula is C45H51N3O. The van der Waals surface area contributed by atoms with E-state index < -0.39 is 0 Å². The van der Waals surface area contributed by atoms with Gasteiger partial charge >= 0.3 is 0 Å². The molecule has 4 aromatic rings. The highest BCUT2D eigenvalue weighted by atomic mass is 16.3. The van der Waals surface area contributed by atoms with Crippen molar-refractivity contribution in [3.8, 4) is 11.1 Å². The molecule has 4 nitrogen and oxygen atoms in total. The predicted octanol–water partition coefficient (Wildman–Crippen LogP) is 12.1. The van der Waals surface area contributed by atoms with Gasteiger partial charge in [-0.3, -0.25) is 4.99 Å². The van der Waals surface area contributed by atoms with Crippen molar-refractivity contribution in [1.29, 1.82) is 0 Å². The summed E-state index contributed by atoms with van der Waals surface area (Å²) < 4.78 is 0. The topological polar surface area (TPSA) is 47.9 Å². The number of allylic oxidation sites excluding steroid dienone is 4. The summed E-state index contributed by atoms with van der Waals surface area (Å²) in [5.74, 6) is 0.534. The number of para-hydroxylation sites is 2. The Morgan fingerprint density at radius 2 is 1.59 bits per heavy atom. The molecule has 0 saturated carbocycles. The summed E-state index contributed by atoms with van der Waals surface area (Å²) in [6, 6.07) is 34.2. The Morgan fingerprint density at radius 3 is 2.31 bits per heavy atom. The molecule has 0 amide bonds. The molecule has 252 valence electrons. The van der Waals surface area contributed by atoms with Gasteiger partial charge in [-0.25, -0.2) is 0 Å². The van der Waals surface area contributed by atoms with E-state index in [4.69, 9.17) is 4.99 Å². The number of fused-ring (bicyclic) bond motifs is 1. The molecule has 0 spiro atoms. The number of anilines is 3. The summed E-state index contributed by atoms with van der Waals surface area (Å²) in [6.45, 7) is 21.7. The Balaban J connectivity index is 1.42. The SMILES string of the molecule is C=CC1=NC(CC(=C)N(C)c2ccccc2Nc2ccc(-c3ccccc3)cc2C(C)(C)C)C(CCC(=C)/C=C(/O)CC)c2ccccc21. The molecule has 5 rings (SSSR count). The number of aliphatic hydroxyl groups is 1. The molecule has 2 N–H and O–H groups in total. The quantitative estimate of drug-likeness (QED) is 0.112. The summed E-state index contributed by atoms with van der Waals surface area (Å²) in [6.07, 6.45) is 6.59. The van der Waals surface area contributed by atoms with E-state index in [1.54, 1.807) is 6.08 Å². The van der Waals surface area contributed by atoms with Gasteiger partial charge in [0.1, 0.15) is 0 Å². The highest BCUT2D eigenvalue weighted by Crippen LogP contribution is 2.41. The van der Waals surface area contributed by atoms with Crippen molar-refractivity contribution in [2.24, 2.45) is 4.99 Å². The Kier molecular flexibility index (Phi) is 11.1. The lowest BCUT2D eigenvalue weighted by Gasteiger charge is -2.34. The van der Waals surface area contributed by atoms with Crippen molar-refractivity contribution in [2.75, 3.05) is 17.3 Å². The van der Waals surface area contributed by atoms with Crippen molar-refractivity contribution in [3.05, 3.63) is 163 Å². The Labute approximate surface area is 294 Å². The average molecular weight is 650 g/mol. The minimum Gasteiger partial charge on any atom is -0.512 e. The Bertz CT molecular complexity index is 1870. The van der Waals surface area contributed by atoms with Gasteiger partial charge in [-0.05, 0) is 76.9 Å². The van der Waals surface area contributed by atoms with Crippen LogP contribution in [0.2, 0.25) is 0 Å². The van der Waals surface area contributed by atoms with E-state index in [-0.39, 0.29) is 17.4 Å². The summed E-state index contributed by atoms with van der Waals surface area (Å²) in [7, 11) is 2.09. The van der Waals surface area contributed by atoms with Crippen LogP contribution >= 0.6 is 0 Å². The van der Waals surface area contributed by atoms with Gasteiger partial charge in [-0.2, -0.15) is 0 Å². The smallest absolute Gasteiger partial charge is 0.0922 e. The van der Waals surface area contributed by atoms with Gasteiger partial charge in [-0.1, -0.05) is 126 Å². The normalized spacial score (nSPS) is 15.9. The number of hydrogen-bond donors (Lipinski definition) is 2. The van der Waals surface area contributed by atoms with E-state index >= 15 is 0 Å². The van der Waals surface area contributed by atoms with Gasteiger partial charge in [-0.15, -0.1) is 0 Å². The first-order valence-corrected chi connectivity index (χ1v) is 17.3. The molecule has 4 aromatic carbocycles. The second-order valence-electron chi connectivity index (χ2n) is 14.0. The van der Waals surface area contributed by atoms with Crippen LogP contribution in [-0.2, 0) is 5.41 Å². The Morgan fingerprint density at radius 1 is 0.898 bits per heavy atom. The molecule has 0 aromatic heterocycles. The lowest BCUT2D eigenvalue weighted by molar-refractivity contribution is 0.393. The second kappa shape index (κ2) is 15.4. The van der Waals surface area contributed by atoms with Gasteiger partial charge in [0.25, 0.3) is 0 Å². The van der Waals surface area contributed by atoms with Crippen molar-refractivity contribution in [1.82, 2.24) is 0 Å². The molecule has 2 unspecified atom stereocenters. The van der Waals surface area contributed by atoms with E-state index in [0.29, 0.717) is 18.6 Å². The minimum atomic E-state index is -0.0684. The van der Waals surface area contributed by atoms with E-state index in [2.05, 4.69) is 155 Å².